The molecule has 2 heterocycles. The molecule has 0 radical (unpaired) electrons. The van der Waals surface area contributed by atoms with Gasteiger partial charge in [-0.3, -0.25) is 4.79 Å². The van der Waals surface area contributed by atoms with Crippen LogP contribution in [0.5, 0.6) is 0 Å². The second-order valence-electron chi connectivity index (χ2n) is 5.35. The predicted molar refractivity (Wildman–Crippen MR) is 85.7 cm³/mol. The van der Waals surface area contributed by atoms with Crippen LogP contribution < -0.4 is 5.32 Å². The highest BCUT2D eigenvalue weighted by Gasteiger charge is 2.25. The molecule has 0 saturated heterocycles. The number of carbonyl (C=O) groups is 1. The van der Waals surface area contributed by atoms with Crippen LogP contribution in [0.2, 0.25) is 0 Å². The van der Waals surface area contributed by atoms with Crippen LogP contribution in [0.15, 0.2) is 52.4 Å². The molecule has 1 amide bonds. The van der Waals surface area contributed by atoms with E-state index in [1.54, 1.807) is 17.4 Å². The summed E-state index contributed by atoms with van der Waals surface area (Å²) in [6.07, 6.45) is 2.11. The lowest BCUT2D eigenvalue weighted by Crippen LogP contribution is -2.25. The van der Waals surface area contributed by atoms with E-state index >= 15 is 0 Å². The van der Waals surface area contributed by atoms with Crippen LogP contribution in [0, 0.1) is 0 Å². The van der Waals surface area contributed by atoms with Gasteiger partial charge in [0, 0.05) is 17.7 Å². The zero-order chi connectivity index (χ0) is 14.9. The molecule has 1 saturated carbocycles. The van der Waals surface area contributed by atoms with E-state index in [9.17, 15) is 4.79 Å². The minimum atomic E-state index is -0.157. The van der Waals surface area contributed by atoms with Crippen molar-refractivity contribution in [1.82, 2.24) is 10.5 Å². The zero-order valence-corrected chi connectivity index (χ0v) is 12.6. The number of nitrogens with zero attached hydrogens (tertiary/aromatic N) is 1. The zero-order valence-electron chi connectivity index (χ0n) is 11.8. The van der Waals surface area contributed by atoms with Crippen LogP contribution in [-0.2, 0) is 0 Å². The van der Waals surface area contributed by atoms with E-state index in [-0.39, 0.29) is 5.91 Å². The van der Waals surface area contributed by atoms with Crippen molar-refractivity contribution in [2.45, 2.75) is 18.9 Å². The first kappa shape index (κ1) is 13.3. The van der Waals surface area contributed by atoms with E-state index < -0.39 is 0 Å². The third-order valence-electron chi connectivity index (χ3n) is 3.63. The molecule has 1 fully saturated rings. The average Bonchev–Trinajstić information content (AvgIpc) is 3.06. The van der Waals surface area contributed by atoms with Gasteiger partial charge in [-0.05, 0) is 29.9 Å². The molecule has 0 bridgehead atoms. The summed E-state index contributed by atoms with van der Waals surface area (Å²) in [5.74, 6) is 0.477. The minimum Gasteiger partial charge on any atom is -0.355 e. The fourth-order valence-electron chi connectivity index (χ4n) is 2.32. The molecule has 3 aromatic rings. The Labute approximate surface area is 131 Å². The van der Waals surface area contributed by atoms with Gasteiger partial charge in [-0.15, -0.1) is 11.3 Å². The molecule has 0 atom stereocenters. The van der Waals surface area contributed by atoms with Crippen LogP contribution in [0.1, 0.15) is 23.3 Å². The molecule has 1 N–H and O–H groups in total. The van der Waals surface area contributed by atoms with Gasteiger partial charge in [-0.25, -0.2) is 0 Å². The van der Waals surface area contributed by atoms with Gasteiger partial charge in [0.2, 0.25) is 0 Å². The lowest BCUT2D eigenvalue weighted by molar-refractivity contribution is 0.0942. The molecule has 2 aromatic heterocycles. The molecule has 1 aliphatic carbocycles. The number of hydrogen-bond acceptors (Lipinski definition) is 4. The van der Waals surface area contributed by atoms with E-state index in [0.29, 0.717) is 17.5 Å². The topological polar surface area (TPSA) is 55.1 Å². The van der Waals surface area contributed by atoms with Gasteiger partial charge in [0.05, 0.1) is 4.88 Å². The third-order valence-corrected chi connectivity index (χ3v) is 4.56. The number of benzene rings is 1. The predicted octanol–water partition coefficient (Wildman–Crippen LogP) is 3.96. The van der Waals surface area contributed by atoms with Crippen molar-refractivity contribution >= 4 is 17.2 Å². The Kier molecular flexibility index (Phi) is 3.27. The summed E-state index contributed by atoms with van der Waals surface area (Å²) >= 11 is 1.58. The van der Waals surface area contributed by atoms with Crippen molar-refractivity contribution in [1.29, 1.82) is 0 Å². The van der Waals surface area contributed by atoms with Crippen LogP contribution in [-0.4, -0.2) is 17.1 Å². The van der Waals surface area contributed by atoms with E-state index in [2.05, 4.69) is 28.7 Å². The highest BCUT2D eigenvalue weighted by molar-refractivity contribution is 7.14. The molecule has 1 aliphatic rings. The molecular weight excluding hydrogens is 296 g/mol. The van der Waals surface area contributed by atoms with Crippen molar-refractivity contribution in [3.05, 3.63) is 53.5 Å². The quantitative estimate of drug-likeness (QED) is 0.793. The maximum atomic E-state index is 12.0. The molecule has 110 valence electrons. The summed E-state index contributed by atoms with van der Waals surface area (Å²) in [7, 11) is 0. The van der Waals surface area contributed by atoms with Crippen LogP contribution >= 0.6 is 11.3 Å². The molecule has 4 nitrogen and oxygen atoms in total. The number of carbonyl (C=O) groups excluding carboxylic acids is 1. The number of nitrogens with one attached hydrogen (secondary N) is 1. The lowest BCUT2D eigenvalue weighted by atomic mass is 10.1. The highest BCUT2D eigenvalue weighted by atomic mass is 32.1. The van der Waals surface area contributed by atoms with Crippen LogP contribution in [0.25, 0.3) is 21.8 Å². The Balaban J connectivity index is 1.64. The fourth-order valence-corrected chi connectivity index (χ4v) is 3.19. The van der Waals surface area contributed by atoms with Gasteiger partial charge in [0.25, 0.3) is 5.91 Å². The van der Waals surface area contributed by atoms with Gasteiger partial charge < -0.3 is 9.84 Å². The number of hydrogen-bond donors (Lipinski definition) is 1. The van der Waals surface area contributed by atoms with Gasteiger partial charge >= 0.3 is 0 Å². The average molecular weight is 310 g/mol. The number of aromatic nitrogens is 1. The van der Waals surface area contributed by atoms with E-state index in [0.717, 1.165) is 28.8 Å². The maximum absolute atomic E-state index is 12.0. The van der Waals surface area contributed by atoms with E-state index in [4.69, 9.17) is 4.52 Å². The SMILES string of the molecule is O=C(NC1CC1)c1cc(-c2sccc2-c2ccccc2)on1. The molecule has 0 aliphatic heterocycles. The first-order valence-electron chi connectivity index (χ1n) is 7.22. The molecule has 22 heavy (non-hydrogen) atoms. The molecular formula is C17H14N2O2S. The van der Waals surface area contributed by atoms with Crippen molar-refractivity contribution in [2.24, 2.45) is 0 Å². The van der Waals surface area contributed by atoms with Crippen molar-refractivity contribution in [2.75, 3.05) is 0 Å². The number of rotatable bonds is 4. The summed E-state index contributed by atoms with van der Waals surface area (Å²) in [5.41, 5.74) is 2.56. The Morgan fingerprint density at radius 3 is 2.82 bits per heavy atom. The summed E-state index contributed by atoms with van der Waals surface area (Å²) in [6.45, 7) is 0. The fraction of sp³-hybridized carbons (Fsp3) is 0.176. The molecule has 0 unspecified atom stereocenters. The first-order valence-corrected chi connectivity index (χ1v) is 8.10. The van der Waals surface area contributed by atoms with E-state index in [1.807, 2.05) is 23.6 Å². The second kappa shape index (κ2) is 5.42. The molecule has 1 aromatic carbocycles. The Hall–Kier alpha value is -2.40. The second-order valence-corrected chi connectivity index (χ2v) is 6.27. The van der Waals surface area contributed by atoms with Gasteiger partial charge in [-0.2, -0.15) is 0 Å². The first-order chi connectivity index (χ1) is 10.8. The Morgan fingerprint density at radius 2 is 2.05 bits per heavy atom. The molecule has 5 heteroatoms. The van der Waals surface area contributed by atoms with Crippen molar-refractivity contribution in [3.8, 4) is 21.8 Å². The largest absolute Gasteiger partial charge is 0.355 e. The normalized spacial score (nSPS) is 14.0. The summed E-state index contributed by atoms with van der Waals surface area (Å²) in [6, 6.07) is 14.2. The number of amides is 1. The van der Waals surface area contributed by atoms with Crippen molar-refractivity contribution < 1.29 is 9.32 Å². The smallest absolute Gasteiger partial charge is 0.273 e. The molecule has 4 rings (SSSR count). The number of thiophene rings is 1. The van der Waals surface area contributed by atoms with Gasteiger partial charge in [0.1, 0.15) is 0 Å². The van der Waals surface area contributed by atoms with Crippen LogP contribution in [0.3, 0.4) is 0 Å². The maximum Gasteiger partial charge on any atom is 0.273 e. The standard InChI is InChI=1S/C17H14N2O2S/c20-17(18-12-6-7-12)14-10-15(21-19-14)16-13(8-9-22-16)11-4-2-1-3-5-11/h1-5,8-10,12H,6-7H2,(H,18,20). The summed E-state index contributed by atoms with van der Waals surface area (Å²) in [4.78, 5) is 13.0. The van der Waals surface area contributed by atoms with Crippen molar-refractivity contribution in [3.63, 3.8) is 0 Å². The van der Waals surface area contributed by atoms with Gasteiger partial charge in [0.15, 0.2) is 11.5 Å². The van der Waals surface area contributed by atoms with Crippen LogP contribution in [0.4, 0.5) is 0 Å². The lowest BCUT2D eigenvalue weighted by Gasteiger charge is -2.00. The Bertz CT molecular complexity index is 803. The highest BCUT2D eigenvalue weighted by Crippen LogP contribution is 2.37. The summed E-state index contributed by atoms with van der Waals surface area (Å²) in [5, 5.41) is 8.84. The Morgan fingerprint density at radius 1 is 1.23 bits per heavy atom. The summed E-state index contributed by atoms with van der Waals surface area (Å²) < 4.78 is 5.39. The minimum absolute atomic E-state index is 0.157. The third kappa shape index (κ3) is 2.55. The van der Waals surface area contributed by atoms with Gasteiger partial charge in [-0.1, -0.05) is 35.5 Å². The van der Waals surface area contributed by atoms with E-state index in [1.165, 1.54) is 0 Å². The molecule has 0 spiro atoms. The monoisotopic (exact) mass is 310 g/mol.